The van der Waals surface area contributed by atoms with Crippen LogP contribution in [0.2, 0.25) is 0 Å². The van der Waals surface area contributed by atoms with Crippen LogP contribution < -0.4 is 0 Å². The molecule has 0 bridgehead atoms. The Hall–Kier alpha value is -2.66. The third kappa shape index (κ3) is 42.1. The molecule has 0 rings (SSSR count). The third-order valence-corrected chi connectivity index (χ3v) is 9.48. The predicted molar refractivity (Wildman–Crippen MR) is 233 cm³/mol. The van der Waals surface area contributed by atoms with E-state index in [1.165, 1.54) is 103 Å². The van der Waals surface area contributed by atoms with E-state index >= 15 is 0 Å². The van der Waals surface area contributed by atoms with Crippen molar-refractivity contribution in [2.45, 2.75) is 213 Å². The van der Waals surface area contributed by atoms with Crippen LogP contribution in [0.4, 0.5) is 0 Å². The number of aliphatic hydroxyl groups excluding tert-OH is 1. The fraction of sp³-hybridized carbons (Fsp3) is 0.714. The van der Waals surface area contributed by atoms with Crippen molar-refractivity contribution < 1.29 is 24.2 Å². The lowest BCUT2D eigenvalue weighted by Crippen LogP contribution is -2.28. The Kier molecular flexibility index (Phi) is 42.5. The molecule has 0 aromatic heterocycles. The van der Waals surface area contributed by atoms with Crippen molar-refractivity contribution in [2.75, 3.05) is 13.2 Å². The van der Waals surface area contributed by atoms with Gasteiger partial charge in [-0.25, -0.2) is 0 Å². The van der Waals surface area contributed by atoms with Gasteiger partial charge in [-0.2, -0.15) is 0 Å². The third-order valence-electron chi connectivity index (χ3n) is 9.48. The highest BCUT2D eigenvalue weighted by Gasteiger charge is 2.16. The van der Waals surface area contributed by atoms with E-state index in [4.69, 9.17) is 9.47 Å². The van der Waals surface area contributed by atoms with Crippen LogP contribution in [0, 0.1) is 0 Å². The van der Waals surface area contributed by atoms with Crippen LogP contribution in [0.25, 0.3) is 0 Å². The highest BCUT2D eigenvalue weighted by molar-refractivity contribution is 5.70. The Labute approximate surface area is 333 Å². The molecular weight excluding hydrogens is 669 g/mol. The first kappa shape index (κ1) is 51.3. The summed E-state index contributed by atoms with van der Waals surface area (Å²) in [5, 5.41) is 9.58. The van der Waals surface area contributed by atoms with Gasteiger partial charge in [0.15, 0.2) is 6.10 Å². The molecule has 0 aromatic rings. The topological polar surface area (TPSA) is 72.8 Å². The van der Waals surface area contributed by atoms with Crippen molar-refractivity contribution in [3.63, 3.8) is 0 Å². The van der Waals surface area contributed by atoms with Crippen molar-refractivity contribution in [2.24, 2.45) is 0 Å². The zero-order valence-corrected chi connectivity index (χ0v) is 35.2. The zero-order valence-electron chi connectivity index (χ0n) is 35.2. The van der Waals surface area contributed by atoms with Gasteiger partial charge < -0.3 is 14.6 Å². The molecule has 0 spiro atoms. The molecule has 54 heavy (non-hydrogen) atoms. The molecule has 0 aliphatic rings. The first-order valence-electron chi connectivity index (χ1n) is 22.5. The maximum Gasteiger partial charge on any atom is 0.306 e. The first-order valence-corrected chi connectivity index (χ1v) is 22.5. The van der Waals surface area contributed by atoms with Gasteiger partial charge in [-0.05, 0) is 83.5 Å². The van der Waals surface area contributed by atoms with Gasteiger partial charge in [-0.3, -0.25) is 9.59 Å². The summed E-state index contributed by atoms with van der Waals surface area (Å²) in [7, 11) is 0. The number of allylic oxidation sites excluding steroid dienone is 12. The minimum atomic E-state index is -0.778. The van der Waals surface area contributed by atoms with Crippen LogP contribution in [0.3, 0.4) is 0 Å². The number of carbonyl (C=O) groups is 2. The molecule has 0 amide bonds. The molecule has 0 heterocycles. The van der Waals surface area contributed by atoms with Gasteiger partial charge in [0, 0.05) is 12.8 Å². The normalized spacial score (nSPS) is 12.9. The Balaban J connectivity index is 3.54. The van der Waals surface area contributed by atoms with Gasteiger partial charge in [-0.15, -0.1) is 0 Å². The molecule has 0 saturated heterocycles. The van der Waals surface area contributed by atoms with Crippen molar-refractivity contribution >= 4 is 11.9 Å². The van der Waals surface area contributed by atoms with Gasteiger partial charge in [0.25, 0.3) is 0 Å². The van der Waals surface area contributed by atoms with Gasteiger partial charge in [0.05, 0.1) is 6.61 Å². The Bertz CT molecular complexity index is 988. The fourth-order valence-corrected chi connectivity index (χ4v) is 6.10. The molecule has 310 valence electrons. The largest absolute Gasteiger partial charge is 0.462 e. The second-order valence-corrected chi connectivity index (χ2v) is 14.7. The minimum Gasteiger partial charge on any atom is -0.462 e. The van der Waals surface area contributed by atoms with Crippen LogP contribution in [0.15, 0.2) is 72.9 Å². The number of rotatable bonds is 40. The smallest absolute Gasteiger partial charge is 0.306 e. The predicted octanol–water partition coefficient (Wildman–Crippen LogP) is 14.5. The molecule has 0 aliphatic carbocycles. The van der Waals surface area contributed by atoms with E-state index in [1.807, 2.05) is 0 Å². The van der Waals surface area contributed by atoms with E-state index in [1.54, 1.807) is 0 Å². The summed E-state index contributed by atoms with van der Waals surface area (Å²) >= 11 is 0. The second kappa shape index (κ2) is 44.7. The standard InChI is InChI=1S/C49H84O5/c1-3-5-7-9-11-13-15-17-18-19-20-21-22-23-24-25-26-27-28-29-30-32-34-36-38-40-42-44-49(52)54-47(45-50)46-53-48(51)43-41-39-37-35-33-31-16-14-12-10-8-6-4-2/h5,7,11,13-14,16-18,20-21,23-24,47,50H,3-4,6,8-10,12,15,19,22,25-46H2,1-2H3/b7-5-,13-11-,16-14-,18-17-,21-20-,24-23-. The molecule has 1 unspecified atom stereocenters. The van der Waals surface area contributed by atoms with Crippen molar-refractivity contribution in [3.8, 4) is 0 Å². The minimum absolute atomic E-state index is 0.0733. The Morgan fingerprint density at radius 3 is 1.22 bits per heavy atom. The summed E-state index contributed by atoms with van der Waals surface area (Å²) in [6, 6.07) is 0. The lowest BCUT2D eigenvalue weighted by Gasteiger charge is -2.15. The van der Waals surface area contributed by atoms with Gasteiger partial charge in [-0.1, -0.05) is 183 Å². The molecule has 0 fully saturated rings. The first-order chi connectivity index (χ1) is 26.6. The summed E-state index contributed by atoms with van der Waals surface area (Å²) in [4.78, 5) is 24.3. The molecule has 1 atom stereocenters. The highest BCUT2D eigenvalue weighted by Crippen LogP contribution is 2.14. The Morgan fingerprint density at radius 1 is 0.444 bits per heavy atom. The number of esters is 2. The average molecular weight is 753 g/mol. The van der Waals surface area contributed by atoms with E-state index in [9.17, 15) is 14.7 Å². The number of unbranched alkanes of at least 4 members (excludes halogenated alkanes) is 20. The average Bonchev–Trinajstić information content (AvgIpc) is 3.17. The van der Waals surface area contributed by atoms with Gasteiger partial charge >= 0.3 is 11.9 Å². The second-order valence-electron chi connectivity index (χ2n) is 14.7. The number of hydrogen-bond acceptors (Lipinski definition) is 5. The van der Waals surface area contributed by atoms with E-state index in [2.05, 4.69) is 86.8 Å². The van der Waals surface area contributed by atoms with Crippen LogP contribution in [0.5, 0.6) is 0 Å². The Morgan fingerprint density at radius 2 is 0.796 bits per heavy atom. The number of aliphatic hydroxyl groups is 1. The lowest BCUT2D eigenvalue weighted by molar-refractivity contribution is -0.161. The van der Waals surface area contributed by atoms with Crippen molar-refractivity contribution in [1.82, 2.24) is 0 Å². The summed E-state index contributed by atoms with van der Waals surface area (Å²) < 4.78 is 10.6. The maximum atomic E-state index is 12.2. The van der Waals surface area contributed by atoms with E-state index in [0.717, 1.165) is 77.0 Å². The summed E-state index contributed by atoms with van der Waals surface area (Å²) in [5.41, 5.74) is 0. The molecule has 0 saturated carbocycles. The molecular formula is C49H84O5. The maximum absolute atomic E-state index is 12.2. The van der Waals surface area contributed by atoms with Crippen LogP contribution in [0.1, 0.15) is 206 Å². The molecule has 0 aliphatic heterocycles. The summed E-state index contributed by atoms with van der Waals surface area (Å²) in [6.45, 7) is 4.00. The highest BCUT2D eigenvalue weighted by atomic mass is 16.6. The molecule has 5 nitrogen and oxygen atoms in total. The molecule has 0 aromatic carbocycles. The van der Waals surface area contributed by atoms with Gasteiger partial charge in [0.1, 0.15) is 6.61 Å². The fourth-order valence-electron chi connectivity index (χ4n) is 6.10. The van der Waals surface area contributed by atoms with E-state index in [-0.39, 0.29) is 25.2 Å². The van der Waals surface area contributed by atoms with Gasteiger partial charge in [0.2, 0.25) is 0 Å². The molecule has 1 N–H and O–H groups in total. The van der Waals surface area contributed by atoms with E-state index in [0.29, 0.717) is 12.8 Å². The van der Waals surface area contributed by atoms with Crippen LogP contribution >= 0.6 is 0 Å². The van der Waals surface area contributed by atoms with Crippen LogP contribution in [-0.2, 0) is 19.1 Å². The lowest BCUT2D eigenvalue weighted by atomic mass is 10.0. The monoisotopic (exact) mass is 753 g/mol. The zero-order chi connectivity index (χ0) is 39.3. The number of ether oxygens (including phenoxy) is 2. The molecule has 0 radical (unpaired) electrons. The van der Waals surface area contributed by atoms with E-state index < -0.39 is 6.10 Å². The van der Waals surface area contributed by atoms with Crippen molar-refractivity contribution in [1.29, 1.82) is 0 Å². The van der Waals surface area contributed by atoms with Crippen molar-refractivity contribution in [3.05, 3.63) is 72.9 Å². The summed E-state index contributed by atoms with van der Waals surface area (Å²) in [5.74, 6) is -0.606. The van der Waals surface area contributed by atoms with Crippen LogP contribution in [-0.4, -0.2) is 36.4 Å². The quantitative estimate of drug-likeness (QED) is 0.0383. The number of hydrogen-bond donors (Lipinski definition) is 1. The SMILES string of the molecule is CC/C=C\C/C=C\C/C=C\C/C=C\C/C=C\CCCCCCCCCCCCCC(=O)OC(CO)COC(=O)CCCCCCC/C=C\CCCCCC. The summed E-state index contributed by atoms with van der Waals surface area (Å²) in [6.07, 6.45) is 59.8. The number of carbonyl (C=O) groups excluding carboxylic acids is 2. The molecule has 5 heteroatoms.